The van der Waals surface area contributed by atoms with Crippen LogP contribution in [0.3, 0.4) is 0 Å². The van der Waals surface area contributed by atoms with E-state index in [1.54, 1.807) is 6.92 Å². The number of carbonyl (C=O) groups excluding carboxylic acids is 2. The molecular weight excluding hydrogens is 144 g/mol. The van der Waals surface area contributed by atoms with E-state index in [0.717, 1.165) is 0 Å². The maximum atomic E-state index is 10.1. The van der Waals surface area contributed by atoms with Crippen LogP contribution in [0, 0.1) is 0 Å². The Morgan fingerprint density at radius 2 is 2.09 bits per heavy atom. The molecule has 11 heavy (non-hydrogen) atoms. The highest BCUT2D eigenvalue weighted by Gasteiger charge is 1.95. The lowest BCUT2D eigenvalue weighted by Gasteiger charge is -1.89. The third-order valence-corrected chi connectivity index (χ3v) is 0.817. The molecule has 0 amide bonds. The third kappa shape index (κ3) is 12.2. The summed E-state index contributed by atoms with van der Waals surface area (Å²) in [6.45, 7) is 1.95. The summed E-state index contributed by atoms with van der Waals surface area (Å²) in [4.78, 5) is 19.5. The molecule has 0 bridgehead atoms. The summed E-state index contributed by atoms with van der Waals surface area (Å²) in [6.07, 6.45) is 5.21. The molecule has 0 heterocycles. The van der Waals surface area contributed by atoms with Gasteiger partial charge in [0, 0.05) is 0 Å². The van der Waals surface area contributed by atoms with Crippen molar-refractivity contribution in [2.24, 2.45) is 0 Å². The van der Waals surface area contributed by atoms with Gasteiger partial charge < -0.3 is 4.74 Å². The van der Waals surface area contributed by atoms with Crippen LogP contribution in [0.2, 0.25) is 0 Å². The molecule has 0 N–H and O–H groups in total. The second kappa shape index (κ2) is 7.03. The lowest BCUT2D eigenvalue weighted by Crippen LogP contribution is -1.98. The summed E-state index contributed by atoms with van der Waals surface area (Å²) in [5.74, 6) is 0.666. The van der Waals surface area contributed by atoms with Crippen molar-refractivity contribution < 1.29 is 14.3 Å². The Kier molecular flexibility index (Phi) is 6.34. The molecule has 0 aliphatic heterocycles. The van der Waals surface area contributed by atoms with Gasteiger partial charge in [-0.15, -0.1) is 0 Å². The number of carbonyl (C=O) groups is 1. The highest BCUT2D eigenvalue weighted by molar-refractivity contribution is 5.89. The van der Waals surface area contributed by atoms with Gasteiger partial charge in [0.15, 0.2) is 0 Å². The SMILES string of the molecule is C1CC1.CCOC(=O)C=C=O. The Labute approximate surface area is 66.0 Å². The van der Waals surface area contributed by atoms with Crippen molar-refractivity contribution in [3.8, 4) is 0 Å². The minimum absolute atomic E-state index is 0.289. The second-order valence-electron chi connectivity index (χ2n) is 2.07. The van der Waals surface area contributed by atoms with Gasteiger partial charge in [-0.05, 0) is 6.92 Å². The molecule has 62 valence electrons. The van der Waals surface area contributed by atoms with Crippen molar-refractivity contribution in [3.63, 3.8) is 0 Å². The molecule has 1 fully saturated rings. The lowest BCUT2D eigenvalue weighted by atomic mass is 10.6. The summed E-state index contributed by atoms with van der Waals surface area (Å²) in [7, 11) is 0. The number of rotatable bonds is 2. The van der Waals surface area contributed by atoms with Crippen molar-refractivity contribution in [1.82, 2.24) is 0 Å². The fourth-order valence-electron chi connectivity index (χ4n) is 0.232. The van der Waals surface area contributed by atoms with Crippen LogP contribution >= 0.6 is 0 Å². The van der Waals surface area contributed by atoms with E-state index in [-0.39, 0.29) is 6.61 Å². The van der Waals surface area contributed by atoms with E-state index in [4.69, 9.17) is 0 Å². The average Bonchev–Trinajstić information content (AvgIpc) is 2.72. The molecule has 0 aromatic rings. The number of ether oxygens (including phenoxy) is 1. The molecule has 1 aliphatic rings. The van der Waals surface area contributed by atoms with Crippen molar-refractivity contribution in [1.29, 1.82) is 0 Å². The quantitative estimate of drug-likeness (QED) is 0.341. The standard InChI is InChI=1S/C5H6O3.C3H6/c1-2-8-5(7)3-4-6;1-2-3-1/h3H,2H2,1H3;1-3H2. The highest BCUT2D eigenvalue weighted by Crippen LogP contribution is 2.14. The van der Waals surface area contributed by atoms with Gasteiger partial charge in [0.2, 0.25) is 0 Å². The first-order valence-corrected chi connectivity index (χ1v) is 3.69. The Morgan fingerprint density at radius 1 is 1.55 bits per heavy atom. The van der Waals surface area contributed by atoms with Crippen molar-refractivity contribution in [2.45, 2.75) is 26.2 Å². The Bertz CT molecular complexity index is 152. The van der Waals surface area contributed by atoms with Gasteiger partial charge in [0.1, 0.15) is 12.0 Å². The summed E-state index contributed by atoms with van der Waals surface area (Å²) in [6, 6.07) is 0. The molecule has 1 saturated carbocycles. The van der Waals surface area contributed by atoms with E-state index in [0.29, 0.717) is 6.08 Å². The molecule has 0 saturated heterocycles. The molecule has 0 atom stereocenters. The van der Waals surface area contributed by atoms with Crippen LogP contribution in [0.25, 0.3) is 0 Å². The fraction of sp³-hybridized carbons (Fsp3) is 0.625. The van der Waals surface area contributed by atoms with Gasteiger partial charge in [-0.25, -0.2) is 9.59 Å². The van der Waals surface area contributed by atoms with E-state index < -0.39 is 5.97 Å². The summed E-state index contributed by atoms with van der Waals surface area (Å²) in [5.41, 5.74) is 0. The normalized spacial score (nSPS) is 11.7. The van der Waals surface area contributed by atoms with E-state index >= 15 is 0 Å². The molecule has 0 unspecified atom stereocenters. The monoisotopic (exact) mass is 156 g/mol. The molecule has 1 rings (SSSR count). The van der Waals surface area contributed by atoms with Crippen LogP contribution in [-0.2, 0) is 14.3 Å². The minimum Gasteiger partial charge on any atom is -0.462 e. The van der Waals surface area contributed by atoms with Gasteiger partial charge in [-0.2, -0.15) is 0 Å². The summed E-state index contributed by atoms with van der Waals surface area (Å²) in [5, 5.41) is 0. The molecule has 3 nitrogen and oxygen atoms in total. The van der Waals surface area contributed by atoms with Gasteiger partial charge in [-0.1, -0.05) is 19.3 Å². The Morgan fingerprint density at radius 3 is 2.36 bits per heavy atom. The molecule has 0 spiro atoms. The first-order valence-electron chi connectivity index (χ1n) is 3.69. The largest absolute Gasteiger partial charge is 0.462 e. The van der Waals surface area contributed by atoms with Crippen LogP contribution < -0.4 is 0 Å². The van der Waals surface area contributed by atoms with Crippen LogP contribution in [-0.4, -0.2) is 18.5 Å². The molecule has 1 aliphatic carbocycles. The Balaban J connectivity index is 0.000000271. The zero-order valence-electron chi connectivity index (χ0n) is 6.63. The van der Waals surface area contributed by atoms with Crippen LogP contribution in [0.15, 0.2) is 6.08 Å². The minimum atomic E-state index is -0.637. The van der Waals surface area contributed by atoms with E-state index in [9.17, 15) is 9.59 Å². The first-order chi connectivity index (χ1) is 5.31. The molecule has 0 radical (unpaired) electrons. The first kappa shape index (κ1) is 9.92. The molecule has 0 aromatic carbocycles. The average molecular weight is 156 g/mol. The van der Waals surface area contributed by atoms with Crippen LogP contribution in [0.4, 0.5) is 0 Å². The van der Waals surface area contributed by atoms with Gasteiger partial charge in [-0.3, -0.25) is 0 Å². The molecule has 3 heteroatoms. The second-order valence-corrected chi connectivity index (χ2v) is 2.07. The molecule has 0 aromatic heterocycles. The fourth-order valence-corrected chi connectivity index (χ4v) is 0.232. The van der Waals surface area contributed by atoms with Gasteiger partial charge in [0.05, 0.1) is 6.61 Å². The zero-order chi connectivity index (χ0) is 8.53. The number of esters is 1. The molecular formula is C8H12O3. The Hall–Kier alpha value is -1.08. The highest BCUT2D eigenvalue weighted by atomic mass is 16.5. The lowest BCUT2D eigenvalue weighted by molar-refractivity contribution is -0.137. The van der Waals surface area contributed by atoms with Crippen molar-refractivity contribution in [2.75, 3.05) is 6.61 Å². The third-order valence-electron chi connectivity index (χ3n) is 0.817. The summed E-state index contributed by atoms with van der Waals surface area (Å²) < 4.78 is 4.33. The smallest absolute Gasteiger partial charge is 0.341 e. The number of hydrogen-bond acceptors (Lipinski definition) is 3. The van der Waals surface area contributed by atoms with E-state index in [1.165, 1.54) is 25.2 Å². The zero-order valence-corrected chi connectivity index (χ0v) is 6.63. The van der Waals surface area contributed by atoms with Gasteiger partial charge in [0.25, 0.3) is 0 Å². The summed E-state index contributed by atoms with van der Waals surface area (Å²) >= 11 is 0. The maximum Gasteiger partial charge on any atom is 0.341 e. The van der Waals surface area contributed by atoms with E-state index in [1.807, 2.05) is 0 Å². The number of hydrogen-bond donors (Lipinski definition) is 0. The predicted molar refractivity (Wildman–Crippen MR) is 40.7 cm³/mol. The van der Waals surface area contributed by atoms with Crippen LogP contribution in [0.1, 0.15) is 26.2 Å². The van der Waals surface area contributed by atoms with Crippen molar-refractivity contribution >= 4 is 11.9 Å². The van der Waals surface area contributed by atoms with E-state index in [2.05, 4.69) is 4.74 Å². The topological polar surface area (TPSA) is 43.4 Å². The van der Waals surface area contributed by atoms with Gasteiger partial charge >= 0.3 is 5.97 Å². The van der Waals surface area contributed by atoms with Crippen LogP contribution in [0.5, 0.6) is 0 Å². The maximum absolute atomic E-state index is 10.1. The predicted octanol–water partition coefficient (Wildman–Crippen LogP) is 1.11. The van der Waals surface area contributed by atoms with Crippen molar-refractivity contribution in [3.05, 3.63) is 6.08 Å².